The van der Waals surface area contributed by atoms with Gasteiger partial charge in [-0.1, -0.05) is 29.0 Å². The molecular formula is C25H29N3O7S2. The van der Waals surface area contributed by atoms with Crippen molar-refractivity contribution in [3.8, 4) is 11.5 Å². The molecule has 1 atom stereocenters. The molecule has 198 valence electrons. The zero-order valence-corrected chi connectivity index (χ0v) is 22.7. The van der Waals surface area contributed by atoms with E-state index in [1.54, 1.807) is 47.9 Å². The number of carbonyl (C=O) groups excluding carboxylic acids is 2. The molecule has 2 aromatic carbocycles. The molecular weight excluding hydrogens is 518 g/mol. The van der Waals surface area contributed by atoms with Crippen molar-refractivity contribution in [3.63, 3.8) is 0 Å². The van der Waals surface area contributed by atoms with Crippen LogP contribution in [0, 0.1) is 6.92 Å². The van der Waals surface area contributed by atoms with Gasteiger partial charge in [-0.25, -0.2) is 8.42 Å². The molecule has 12 heteroatoms. The zero-order valence-electron chi connectivity index (χ0n) is 21.1. The predicted molar refractivity (Wildman–Crippen MR) is 138 cm³/mol. The number of ether oxygens (including phenoxy) is 3. The molecule has 1 aromatic heterocycles. The molecule has 10 nitrogen and oxygen atoms in total. The minimum absolute atomic E-state index is 0.135. The van der Waals surface area contributed by atoms with Crippen molar-refractivity contribution in [2.45, 2.75) is 44.2 Å². The average molecular weight is 548 g/mol. The molecule has 0 N–H and O–H groups in total. The molecule has 1 aliphatic rings. The fourth-order valence-electron chi connectivity index (χ4n) is 4.26. The number of thiazole rings is 1. The topological polar surface area (TPSA) is 116 Å². The van der Waals surface area contributed by atoms with Crippen LogP contribution in [-0.2, 0) is 30.9 Å². The number of fused-ring (bicyclic) bond motifs is 1. The number of benzene rings is 2. The lowest BCUT2D eigenvalue weighted by Gasteiger charge is -2.21. The first-order valence-corrected chi connectivity index (χ1v) is 14.0. The van der Waals surface area contributed by atoms with Crippen LogP contribution in [0.5, 0.6) is 11.5 Å². The quantitative estimate of drug-likeness (QED) is 0.398. The van der Waals surface area contributed by atoms with Crippen LogP contribution < -0.4 is 14.3 Å². The minimum atomic E-state index is -3.88. The number of methoxy groups -OCH3 is 2. The van der Waals surface area contributed by atoms with Crippen LogP contribution in [0.4, 0.5) is 0 Å². The van der Waals surface area contributed by atoms with Gasteiger partial charge in [0.2, 0.25) is 10.0 Å². The predicted octanol–water partition coefficient (Wildman–Crippen LogP) is 2.87. The Bertz CT molecular complexity index is 1490. The van der Waals surface area contributed by atoms with Gasteiger partial charge in [0.15, 0.2) is 16.3 Å². The second kappa shape index (κ2) is 11.0. The van der Waals surface area contributed by atoms with Crippen molar-refractivity contribution in [2.24, 2.45) is 4.99 Å². The van der Waals surface area contributed by atoms with E-state index in [1.807, 2.05) is 6.92 Å². The van der Waals surface area contributed by atoms with Gasteiger partial charge >= 0.3 is 5.97 Å². The lowest BCUT2D eigenvalue weighted by Crippen LogP contribution is -2.40. The molecule has 1 aliphatic heterocycles. The lowest BCUT2D eigenvalue weighted by atomic mass is 10.2. The van der Waals surface area contributed by atoms with Crippen LogP contribution in [0.3, 0.4) is 0 Å². The minimum Gasteiger partial charge on any atom is -0.493 e. The highest BCUT2D eigenvalue weighted by Crippen LogP contribution is 2.33. The third-order valence-corrected chi connectivity index (χ3v) is 9.07. The molecule has 1 saturated heterocycles. The van der Waals surface area contributed by atoms with E-state index in [2.05, 4.69) is 4.99 Å². The first kappa shape index (κ1) is 26.8. The fraction of sp³-hybridized carbons (Fsp3) is 0.400. The number of esters is 1. The van der Waals surface area contributed by atoms with Gasteiger partial charge in [0.1, 0.15) is 12.6 Å². The van der Waals surface area contributed by atoms with E-state index < -0.39 is 27.9 Å². The SMILES string of the molecule is CCOC(=O)Cn1c(=NC(=O)C2CCCN2S(=O)(=O)c2ccc(C)cc2)sc2cc(OC)c(OC)cc21. The van der Waals surface area contributed by atoms with Crippen LogP contribution in [-0.4, -0.2) is 62.6 Å². The smallest absolute Gasteiger partial charge is 0.326 e. The van der Waals surface area contributed by atoms with E-state index in [9.17, 15) is 18.0 Å². The van der Waals surface area contributed by atoms with Gasteiger partial charge in [-0.15, -0.1) is 0 Å². The summed E-state index contributed by atoms with van der Waals surface area (Å²) in [6, 6.07) is 9.05. The van der Waals surface area contributed by atoms with Crippen molar-refractivity contribution in [3.05, 3.63) is 46.8 Å². The van der Waals surface area contributed by atoms with Gasteiger partial charge in [0.05, 0.1) is 35.9 Å². The number of rotatable bonds is 8. The standard InChI is InChI=1S/C25H29N3O7S2/c1-5-35-23(29)15-27-19-13-20(33-3)21(34-4)14-22(19)36-25(27)26-24(30)18-7-6-12-28(18)37(31,32)17-10-8-16(2)9-11-17/h8-11,13-14,18H,5-7,12,15H2,1-4H3. The highest BCUT2D eigenvalue weighted by atomic mass is 32.2. The molecule has 0 aliphatic carbocycles. The number of aromatic nitrogens is 1. The maximum atomic E-state index is 13.4. The van der Waals surface area contributed by atoms with E-state index in [1.165, 1.54) is 29.9 Å². The Labute approximate surface area is 219 Å². The molecule has 1 fully saturated rings. The van der Waals surface area contributed by atoms with Gasteiger partial charge in [0.25, 0.3) is 5.91 Å². The van der Waals surface area contributed by atoms with Crippen molar-refractivity contribution in [1.29, 1.82) is 0 Å². The largest absolute Gasteiger partial charge is 0.493 e. The van der Waals surface area contributed by atoms with Gasteiger partial charge in [-0.3, -0.25) is 9.59 Å². The van der Waals surface area contributed by atoms with E-state index in [0.717, 1.165) is 5.56 Å². The zero-order chi connectivity index (χ0) is 26.7. The second-order valence-electron chi connectivity index (χ2n) is 8.49. The van der Waals surface area contributed by atoms with Crippen LogP contribution >= 0.6 is 11.3 Å². The number of sulfonamides is 1. The molecule has 1 unspecified atom stereocenters. The highest BCUT2D eigenvalue weighted by molar-refractivity contribution is 7.89. The summed E-state index contributed by atoms with van der Waals surface area (Å²) in [5, 5.41) is 0. The molecule has 2 heterocycles. The summed E-state index contributed by atoms with van der Waals surface area (Å²) in [6.45, 7) is 3.84. The summed E-state index contributed by atoms with van der Waals surface area (Å²) < 4.78 is 46.1. The third-order valence-electron chi connectivity index (χ3n) is 6.10. The molecule has 0 bridgehead atoms. The van der Waals surface area contributed by atoms with Crippen LogP contribution in [0.1, 0.15) is 25.3 Å². The van der Waals surface area contributed by atoms with E-state index >= 15 is 0 Å². The Hall–Kier alpha value is -3.22. The Balaban J connectivity index is 1.77. The Morgan fingerprint density at radius 1 is 1.11 bits per heavy atom. The maximum absolute atomic E-state index is 13.4. The summed E-state index contributed by atoms with van der Waals surface area (Å²) in [5.74, 6) is -0.135. The first-order chi connectivity index (χ1) is 17.7. The number of hydrogen-bond donors (Lipinski definition) is 0. The number of hydrogen-bond acceptors (Lipinski definition) is 8. The summed E-state index contributed by atoms with van der Waals surface area (Å²) >= 11 is 1.19. The summed E-state index contributed by atoms with van der Waals surface area (Å²) in [5.41, 5.74) is 1.55. The summed E-state index contributed by atoms with van der Waals surface area (Å²) in [6.07, 6.45) is 0.901. The maximum Gasteiger partial charge on any atom is 0.326 e. The van der Waals surface area contributed by atoms with Gasteiger partial charge in [-0.2, -0.15) is 9.30 Å². The van der Waals surface area contributed by atoms with Gasteiger partial charge in [-0.05, 0) is 38.8 Å². The molecule has 4 rings (SSSR count). The number of carbonyl (C=O) groups is 2. The van der Waals surface area contributed by atoms with Gasteiger partial charge < -0.3 is 18.8 Å². The first-order valence-electron chi connectivity index (χ1n) is 11.8. The molecule has 0 spiro atoms. The lowest BCUT2D eigenvalue weighted by molar-refractivity contribution is -0.143. The molecule has 37 heavy (non-hydrogen) atoms. The molecule has 1 amide bonds. The van der Waals surface area contributed by atoms with E-state index in [-0.39, 0.29) is 29.4 Å². The Morgan fingerprint density at radius 2 is 1.78 bits per heavy atom. The van der Waals surface area contributed by atoms with Crippen LogP contribution in [0.25, 0.3) is 10.2 Å². The molecule has 3 aromatic rings. The van der Waals surface area contributed by atoms with E-state index in [4.69, 9.17) is 14.2 Å². The van der Waals surface area contributed by atoms with Gasteiger partial charge in [0, 0.05) is 18.7 Å². The monoisotopic (exact) mass is 547 g/mol. The van der Waals surface area contributed by atoms with Crippen molar-refractivity contribution >= 4 is 43.5 Å². The van der Waals surface area contributed by atoms with E-state index in [0.29, 0.717) is 34.6 Å². The fourth-order valence-corrected chi connectivity index (χ4v) is 6.96. The Kier molecular flexibility index (Phi) is 8.00. The Morgan fingerprint density at radius 3 is 2.43 bits per heavy atom. The number of nitrogens with zero attached hydrogens (tertiary/aromatic N) is 3. The highest BCUT2D eigenvalue weighted by Gasteiger charge is 2.39. The molecule has 0 radical (unpaired) electrons. The molecule has 0 saturated carbocycles. The summed E-state index contributed by atoms with van der Waals surface area (Å²) in [4.78, 5) is 30.5. The van der Waals surface area contributed by atoms with Crippen molar-refractivity contribution in [1.82, 2.24) is 8.87 Å². The normalized spacial score (nSPS) is 16.8. The van der Waals surface area contributed by atoms with Crippen LogP contribution in [0.15, 0.2) is 46.3 Å². The number of aryl methyl sites for hydroxylation is 1. The van der Waals surface area contributed by atoms with Crippen LogP contribution in [0.2, 0.25) is 0 Å². The average Bonchev–Trinajstić information content (AvgIpc) is 3.49. The van der Waals surface area contributed by atoms with Crippen molar-refractivity contribution < 1.29 is 32.2 Å². The van der Waals surface area contributed by atoms with Crippen molar-refractivity contribution in [2.75, 3.05) is 27.4 Å². The second-order valence-corrected chi connectivity index (χ2v) is 11.4. The number of amides is 1. The third kappa shape index (κ3) is 5.41. The summed E-state index contributed by atoms with van der Waals surface area (Å²) in [7, 11) is -0.860.